The molecule has 1 saturated heterocycles. The quantitative estimate of drug-likeness (QED) is 0.764. The molecule has 0 aliphatic carbocycles. The Kier molecular flexibility index (Phi) is 2.34. The van der Waals surface area contributed by atoms with Crippen LogP contribution < -0.4 is 5.32 Å². The Morgan fingerprint density at radius 1 is 1.44 bits per heavy atom. The highest BCUT2D eigenvalue weighted by molar-refractivity contribution is 5.75. The third-order valence-corrected chi connectivity index (χ3v) is 2.75. The van der Waals surface area contributed by atoms with Crippen molar-refractivity contribution in [1.82, 2.24) is 15.3 Å². The van der Waals surface area contributed by atoms with E-state index in [-0.39, 0.29) is 11.9 Å². The van der Waals surface area contributed by atoms with Gasteiger partial charge in [0.25, 0.3) is 0 Å². The predicted octanol–water partition coefficient (Wildman–Crippen LogP) is 1.36. The van der Waals surface area contributed by atoms with E-state index in [1.54, 1.807) is 0 Å². The van der Waals surface area contributed by atoms with Gasteiger partial charge in [0.2, 0.25) is 0 Å². The van der Waals surface area contributed by atoms with Gasteiger partial charge in [-0.15, -0.1) is 0 Å². The number of hydrogen-bond donors (Lipinski definition) is 2. The number of pyridine rings is 1. The highest BCUT2D eigenvalue weighted by Crippen LogP contribution is 2.20. The van der Waals surface area contributed by atoms with Gasteiger partial charge in [-0.1, -0.05) is 0 Å². The lowest BCUT2D eigenvalue weighted by Gasteiger charge is -2.22. The van der Waals surface area contributed by atoms with Crippen LogP contribution in [0.5, 0.6) is 0 Å². The average molecular weight is 221 g/mol. The van der Waals surface area contributed by atoms with Gasteiger partial charge >= 0.3 is 0 Å². The molecular weight excluding hydrogens is 209 g/mol. The Labute approximate surface area is 91.8 Å². The Bertz CT molecular complexity index is 505. The molecule has 1 unspecified atom stereocenters. The fourth-order valence-corrected chi connectivity index (χ4v) is 1.96. The lowest BCUT2D eigenvalue weighted by molar-refractivity contribution is 0.0758. The van der Waals surface area contributed by atoms with Gasteiger partial charge in [0.05, 0.1) is 36.5 Å². The number of rotatable bonds is 1. The van der Waals surface area contributed by atoms with Crippen LogP contribution in [0.3, 0.4) is 0 Å². The van der Waals surface area contributed by atoms with Crippen LogP contribution in [0.2, 0.25) is 0 Å². The van der Waals surface area contributed by atoms with Crippen molar-refractivity contribution >= 4 is 11.0 Å². The van der Waals surface area contributed by atoms with Crippen molar-refractivity contribution in [2.75, 3.05) is 19.8 Å². The van der Waals surface area contributed by atoms with Crippen LogP contribution in [0.15, 0.2) is 18.3 Å². The Hall–Kier alpha value is -1.46. The van der Waals surface area contributed by atoms with Gasteiger partial charge in [0.15, 0.2) is 0 Å². The number of nitrogens with one attached hydrogen (secondary N) is 2. The summed E-state index contributed by atoms with van der Waals surface area (Å²) in [5, 5.41) is 3.33. The molecule has 0 saturated carbocycles. The van der Waals surface area contributed by atoms with Crippen molar-refractivity contribution < 1.29 is 9.13 Å². The van der Waals surface area contributed by atoms with Crippen molar-refractivity contribution in [2.24, 2.45) is 0 Å². The number of nitrogens with zero attached hydrogens (tertiary/aromatic N) is 1. The minimum Gasteiger partial charge on any atom is -0.378 e. The van der Waals surface area contributed by atoms with Crippen molar-refractivity contribution in [1.29, 1.82) is 0 Å². The number of aromatic amines is 1. The van der Waals surface area contributed by atoms with Crippen molar-refractivity contribution in [3.63, 3.8) is 0 Å². The van der Waals surface area contributed by atoms with Gasteiger partial charge < -0.3 is 15.0 Å². The molecule has 2 N–H and O–H groups in total. The van der Waals surface area contributed by atoms with E-state index in [0.717, 1.165) is 29.9 Å². The van der Waals surface area contributed by atoms with Crippen LogP contribution in [0.4, 0.5) is 4.39 Å². The summed E-state index contributed by atoms with van der Waals surface area (Å²) in [6, 6.07) is 3.53. The fraction of sp³-hybridized carbons (Fsp3) is 0.364. The Morgan fingerprint density at radius 2 is 2.38 bits per heavy atom. The Balaban J connectivity index is 1.97. The van der Waals surface area contributed by atoms with E-state index >= 15 is 0 Å². The van der Waals surface area contributed by atoms with Gasteiger partial charge in [-0.2, -0.15) is 0 Å². The summed E-state index contributed by atoms with van der Waals surface area (Å²) >= 11 is 0. The molecule has 2 aromatic rings. The van der Waals surface area contributed by atoms with Gasteiger partial charge in [-0.3, -0.25) is 4.98 Å². The standard InChI is InChI=1S/C11H12FN3O/c12-7-3-9-8(14-5-7)4-10(15-9)11-6-16-2-1-13-11/h3-5,11,13,15H,1-2,6H2. The second-order valence-corrected chi connectivity index (χ2v) is 3.89. The van der Waals surface area contributed by atoms with E-state index in [0.29, 0.717) is 6.61 Å². The molecule has 1 atom stereocenters. The highest BCUT2D eigenvalue weighted by atomic mass is 19.1. The number of morpholine rings is 1. The molecular formula is C11H12FN3O. The zero-order chi connectivity index (χ0) is 11.0. The first-order chi connectivity index (χ1) is 7.83. The molecule has 4 nitrogen and oxygen atoms in total. The molecule has 2 aromatic heterocycles. The predicted molar refractivity (Wildman–Crippen MR) is 57.6 cm³/mol. The van der Waals surface area contributed by atoms with E-state index in [4.69, 9.17) is 4.74 Å². The average Bonchev–Trinajstić information content (AvgIpc) is 2.73. The maximum Gasteiger partial charge on any atom is 0.143 e. The zero-order valence-corrected chi connectivity index (χ0v) is 8.66. The van der Waals surface area contributed by atoms with E-state index in [1.807, 2.05) is 6.07 Å². The molecule has 16 heavy (non-hydrogen) atoms. The van der Waals surface area contributed by atoms with Gasteiger partial charge in [-0.05, 0) is 6.07 Å². The van der Waals surface area contributed by atoms with Gasteiger partial charge in [0, 0.05) is 18.3 Å². The monoisotopic (exact) mass is 221 g/mol. The summed E-state index contributed by atoms with van der Waals surface area (Å²) < 4.78 is 18.3. The fourth-order valence-electron chi connectivity index (χ4n) is 1.96. The van der Waals surface area contributed by atoms with Gasteiger partial charge in [0.1, 0.15) is 5.82 Å². The molecule has 84 valence electrons. The van der Waals surface area contributed by atoms with E-state index < -0.39 is 0 Å². The number of halogens is 1. The first-order valence-corrected chi connectivity index (χ1v) is 5.28. The number of ether oxygens (including phenoxy) is 1. The molecule has 0 aromatic carbocycles. The van der Waals surface area contributed by atoms with E-state index in [1.165, 1.54) is 12.3 Å². The Morgan fingerprint density at radius 3 is 3.19 bits per heavy atom. The molecule has 5 heteroatoms. The van der Waals surface area contributed by atoms with Crippen LogP contribution in [-0.4, -0.2) is 29.7 Å². The third kappa shape index (κ3) is 1.68. The van der Waals surface area contributed by atoms with E-state index in [2.05, 4.69) is 15.3 Å². The topological polar surface area (TPSA) is 49.9 Å². The van der Waals surface area contributed by atoms with Crippen LogP contribution in [0, 0.1) is 5.82 Å². The highest BCUT2D eigenvalue weighted by Gasteiger charge is 2.17. The second-order valence-electron chi connectivity index (χ2n) is 3.89. The molecule has 0 radical (unpaired) electrons. The van der Waals surface area contributed by atoms with Crippen LogP contribution in [0.1, 0.15) is 11.7 Å². The normalized spacial score (nSPS) is 21.4. The number of aromatic nitrogens is 2. The minimum atomic E-state index is -0.325. The van der Waals surface area contributed by atoms with Crippen LogP contribution in [-0.2, 0) is 4.74 Å². The molecule has 3 heterocycles. The molecule has 1 aliphatic heterocycles. The lowest BCUT2D eigenvalue weighted by atomic mass is 10.2. The van der Waals surface area contributed by atoms with Crippen molar-refractivity contribution in [2.45, 2.75) is 6.04 Å². The molecule has 3 rings (SSSR count). The maximum atomic E-state index is 13.0. The summed E-state index contributed by atoms with van der Waals surface area (Å²) in [5.74, 6) is -0.325. The SMILES string of the molecule is Fc1cnc2cc(C3COCCN3)[nH]c2c1. The van der Waals surface area contributed by atoms with Crippen LogP contribution in [0.25, 0.3) is 11.0 Å². The van der Waals surface area contributed by atoms with Gasteiger partial charge in [-0.25, -0.2) is 4.39 Å². The van der Waals surface area contributed by atoms with Crippen molar-refractivity contribution in [3.05, 3.63) is 29.8 Å². The number of H-pyrrole nitrogens is 1. The molecule has 0 bridgehead atoms. The summed E-state index contributed by atoms with van der Waals surface area (Å²) in [7, 11) is 0. The third-order valence-electron chi connectivity index (χ3n) is 2.75. The smallest absolute Gasteiger partial charge is 0.143 e. The minimum absolute atomic E-state index is 0.144. The summed E-state index contributed by atoms with van der Waals surface area (Å²) in [4.78, 5) is 7.18. The van der Waals surface area contributed by atoms with Crippen molar-refractivity contribution in [3.8, 4) is 0 Å². The summed E-state index contributed by atoms with van der Waals surface area (Å²) in [6.45, 7) is 2.21. The first kappa shape index (κ1) is 9.74. The zero-order valence-electron chi connectivity index (χ0n) is 8.66. The van der Waals surface area contributed by atoms with E-state index in [9.17, 15) is 4.39 Å². The molecule has 1 aliphatic rings. The second kappa shape index (κ2) is 3.84. The first-order valence-electron chi connectivity index (χ1n) is 5.28. The maximum absolute atomic E-state index is 13.0. The summed E-state index contributed by atoms with van der Waals surface area (Å²) in [5.41, 5.74) is 2.50. The molecule has 0 spiro atoms. The number of fused-ring (bicyclic) bond motifs is 1. The summed E-state index contributed by atoms with van der Waals surface area (Å²) in [6.07, 6.45) is 1.23. The molecule has 1 fully saturated rings. The largest absolute Gasteiger partial charge is 0.378 e. The molecule has 0 amide bonds. The lowest BCUT2D eigenvalue weighted by Crippen LogP contribution is -2.34. The number of hydrogen-bond acceptors (Lipinski definition) is 3. The van der Waals surface area contributed by atoms with Crippen LogP contribution >= 0.6 is 0 Å².